The molecule has 0 saturated carbocycles. The average Bonchev–Trinajstić information content (AvgIpc) is 3.32. The van der Waals surface area contributed by atoms with Crippen LogP contribution in [-0.4, -0.2) is 50.8 Å². The maximum absolute atomic E-state index is 13.3. The van der Waals surface area contributed by atoms with E-state index < -0.39 is 10.0 Å². The summed E-state index contributed by atoms with van der Waals surface area (Å²) in [6, 6.07) is 22.7. The second-order valence-electron chi connectivity index (χ2n) is 9.04. The molecule has 1 fully saturated rings. The lowest BCUT2D eigenvalue weighted by molar-refractivity contribution is 0.313. The van der Waals surface area contributed by atoms with Crippen molar-refractivity contribution in [3.63, 3.8) is 0 Å². The monoisotopic (exact) mass is 500 g/mol. The van der Waals surface area contributed by atoms with Crippen LogP contribution in [0.15, 0.2) is 82.5 Å². The highest BCUT2D eigenvalue weighted by Gasteiger charge is 2.31. The normalized spacial score (nSPS) is 15.6. The second-order valence-corrected chi connectivity index (χ2v) is 11.0. The molecule has 0 spiro atoms. The van der Waals surface area contributed by atoms with Gasteiger partial charge < -0.3 is 4.98 Å². The molecule has 0 unspecified atom stereocenters. The van der Waals surface area contributed by atoms with Crippen molar-refractivity contribution in [1.29, 1.82) is 0 Å². The summed E-state index contributed by atoms with van der Waals surface area (Å²) in [6.07, 6.45) is 1.11. The molecule has 0 amide bonds. The fraction of sp³-hybridized carbons (Fsp3) is 0.231. The van der Waals surface area contributed by atoms with Crippen LogP contribution in [0.25, 0.3) is 21.9 Å². The van der Waals surface area contributed by atoms with E-state index in [-0.39, 0.29) is 17.0 Å². The highest BCUT2D eigenvalue weighted by atomic mass is 32.2. The molecule has 1 saturated heterocycles. The Morgan fingerprint density at radius 1 is 0.917 bits per heavy atom. The van der Waals surface area contributed by atoms with Gasteiger partial charge in [-0.2, -0.15) is 4.31 Å². The zero-order valence-electron chi connectivity index (χ0n) is 19.4. The number of aromatic amines is 1. The third kappa shape index (κ3) is 4.08. The van der Waals surface area contributed by atoms with Crippen molar-refractivity contribution >= 4 is 32.0 Å². The molecule has 1 aliphatic heterocycles. The first-order chi connectivity index (χ1) is 17.5. The largest absolute Gasteiger partial charge is 0.308 e. The summed E-state index contributed by atoms with van der Waals surface area (Å²) in [6.45, 7) is 1.15. The van der Waals surface area contributed by atoms with Gasteiger partial charge in [0.2, 0.25) is 10.0 Å². The van der Waals surface area contributed by atoms with Crippen molar-refractivity contribution in [2.45, 2.75) is 30.2 Å². The average molecular weight is 501 g/mol. The van der Waals surface area contributed by atoms with Gasteiger partial charge in [-0.25, -0.2) is 18.1 Å². The Morgan fingerprint density at radius 3 is 2.42 bits per heavy atom. The van der Waals surface area contributed by atoms with Gasteiger partial charge in [0.15, 0.2) is 11.2 Å². The van der Waals surface area contributed by atoms with E-state index in [0.29, 0.717) is 48.8 Å². The lowest BCUT2D eigenvalue weighted by Gasteiger charge is -2.30. The van der Waals surface area contributed by atoms with Crippen molar-refractivity contribution in [2.75, 3.05) is 13.1 Å². The number of nitrogens with one attached hydrogen (secondary N) is 1. The molecule has 0 radical (unpaired) electrons. The molecule has 10 heteroatoms. The number of aromatic nitrogens is 5. The Morgan fingerprint density at radius 2 is 1.64 bits per heavy atom. The molecule has 1 aliphatic rings. The Bertz CT molecular complexity index is 1720. The molecule has 1 N–H and O–H groups in total. The van der Waals surface area contributed by atoms with E-state index in [9.17, 15) is 13.2 Å². The highest BCUT2D eigenvalue weighted by Crippen LogP contribution is 2.30. The van der Waals surface area contributed by atoms with Gasteiger partial charge in [0, 0.05) is 19.0 Å². The van der Waals surface area contributed by atoms with Crippen LogP contribution in [0.2, 0.25) is 0 Å². The van der Waals surface area contributed by atoms with E-state index in [4.69, 9.17) is 4.98 Å². The molecular weight excluding hydrogens is 476 g/mol. The zero-order valence-corrected chi connectivity index (χ0v) is 20.2. The van der Waals surface area contributed by atoms with Crippen molar-refractivity contribution in [2.24, 2.45) is 0 Å². The number of benzene rings is 3. The standard InChI is InChI=1S/C26H24N6O3S/c33-26-23-25(32(30-29-23)17-18-6-2-1-3-7-18)27-24(28-26)20-12-14-31(15-13-20)36(34,35)22-11-10-19-8-4-5-9-21(19)16-22/h1-11,16,20H,12-15,17H2,(H,27,28,33). The Hall–Kier alpha value is -3.89. The van der Waals surface area contributed by atoms with Crippen LogP contribution in [0, 0.1) is 0 Å². The summed E-state index contributed by atoms with van der Waals surface area (Å²) in [5.41, 5.74) is 1.33. The fourth-order valence-electron chi connectivity index (χ4n) is 4.79. The molecule has 2 aromatic heterocycles. The highest BCUT2D eigenvalue weighted by molar-refractivity contribution is 7.89. The molecule has 36 heavy (non-hydrogen) atoms. The van der Waals surface area contributed by atoms with Gasteiger partial charge in [0.25, 0.3) is 5.56 Å². The summed E-state index contributed by atoms with van der Waals surface area (Å²) in [5, 5.41) is 10.0. The molecule has 9 nitrogen and oxygen atoms in total. The van der Waals surface area contributed by atoms with Crippen molar-refractivity contribution in [1.82, 2.24) is 29.3 Å². The van der Waals surface area contributed by atoms with Gasteiger partial charge in [-0.05, 0) is 41.3 Å². The minimum Gasteiger partial charge on any atom is -0.308 e. The lowest BCUT2D eigenvalue weighted by Crippen LogP contribution is -2.38. The maximum atomic E-state index is 13.3. The summed E-state index contributed by atoms with van der Waals surface area (Å²) in [4.78, 5) is 20.6. The number of rotatable bonds is 5. The van der Waals surface area contributed by atoms with Gasteiger partial charge in [0.1, 0.15) is 5.82 Å². The van der Waals surface area contributed by atoms with Crippen LogP contribution < -0.4 is 5.56 Å². The number of piperidine rings is 1. The van der Waals surface area contributed by atoms with E-state index in [1.165, 1.54) is 4.31 Å². The number of hydrogen-bond acceptors (Lipinski definition) is 6. The van der Waals surface area contributed by atoms with E-state index in [1.807, 2.05) is 60.7 Å². The fourth-order valence-corrected chi connectivity index (χ4v) is 6.29. The quantitative estimate of drug-likeness (QED) is 0.396. The van der Waals surface area contributed by atoms with E-state index in [1.54, 1.807) is 16.8 Å². The molecule has 3 aromatic carbocycles. The molecule has 6 rings (SSSR count). The number of nitrogens with zero attached hydrogens (tertiary/aromatic N) is 5. The lowest BCUT2D eigenvalue weighted by atomic mass is 9.97. The first-order valence-corrected chi connectivity index (χ1v) is 13.3. The van der Waals surface area contributed by atoms with Gasteiger partial charge in [-0.3, -0.25) is 4.79 Å². The van der Waals surface area contributed by atoms with Crippen LogP contribution in [-0.2, 0) is 16.6 Å². The SMILES string of the molecule is O=c1[nH]c(C2CCN(S(=O)(=O)c3ccc4ccccc4c3)CC2)nc2c1nnn2Cc1ccccc1. The zero-order chi connectivity index (χ0) is 24.7. The maximum Gasteiger partial charge on any atom is 0.281 e. The summed E-state index contributed by atoms with van der Waals surface area (Å²) in [5.74, 6) is 0.483. The van der Waals surface area contributed by atoms with Crippen LogP contribution in [0.1, 0.15) is 30.1 Å². The Balaban J connectivity index is 1.23. The first-order valence-electron chi connectivity index (χ1n) is 11.9. The Kier molecular flexibility index (Phi) is 5.62. The van der Waals surface area contributed by atoms with Crippen molar-refractivity contribution in [3.8, 4) is 0 Å². The van der Waals surface area contributed by atoms with Crippen LogP contribution in [0.4, 0.5) is 0 Å². The predicted molar refractivity (Wildman–Crippen MR) is 136 cm³/mol. The van der Waals surface area contributed by atoms with E-state index in [0.717, 1.165) is 16.3 Å². The third-order valence-corrected chi connectivity index (χ3v) is 8.66. The molecular formula is C26H24N6O3S. The topological polar surface area (TPSA) is 114 Å². The molecule has 0 aliphatic carbocycles. The van der Waals surface area contributed by atoms with E-state index in [2.05, 4.69) is 15.3 Å². The summed E-state index contributed by atoms with van der Waals surface area (Å²) in [7, 11) is -3.62. The van der Waals surface area contributed by atoms with E-state index >= 15 is 0 Å². The van der Waals surface area contributed by atoms with Crippen LogP contribution in [0.5, 0.6) is 0 Å². The van der Waals surface area contributed by atoms with Crippen molar-refractivity contribution < 1.29 is 8.42 Å². The third-order valence-electron chi connectivity index (χ3n) is 6.77. The smallest absolute Gasteiger partial charge is 0.281 e. The molecule has 5 aromatic rings. The summed E-state index contributed by atoms with van der Waals surface area (Å²) < 4.78 is 29.8. The molecule has 0 bridgehead atoms. The van der Waals surface area contributed by atoms with Crippen molar-refractivity contribution in [3.05, 3.63) is 94.5 Å². The summed E-state index contributed by atoms with van der Waals surface area (Å²) >= 11 is 0. The Labute approximate surface area is 207 Å². The van der Waals surface area contributed by atoms with Gasteiger partial charge in [-0.15, -0.1) is 5.10 Å². The number of hydrogen-bond donors (Lipinski definition) is 1. The molecule has 182 valence electrons. The van der Waals surface area contributed by atoms with Crippen LogP contribution in [0.3, 0.4) is 0 Å². The molecule has 0 atom stereocenters. The van der Waals surface area contributed by atoms with Gasteiger partial charge in [-0.1, -0.05) is 65.9 Å². The minimum atomic E-state index is -3.62. The number of fused-ring (bicyclic) bond motifs is 2. The van der Waals surface area contributed by atoms with Crippen LogP contribution >= 0.6 is 0 Å². The minimum absolute atomic E-state index is 0.0646. The number of H-pyrrole nitrogens is 1. The van der Waals surface area contributed by atoms with Gasteiger partial charge in [0.05, 0.1) is 11.4 Å². The number of sulfonamides is 1. The molecule has 3 heterocycles. The second kappa shape index (κ2) is 8.96. The van der Waals surface area contributed by atoms with Gasteiger partial charge >= 0.3 is 0 Å². The first kappa shape index (κ1) is 22.6. The predicted octanol–water partition coefficient (Wildman–Crippen LogP) is 3.28.